The fourth-order valence-electron chi connectivity index (χ4n) is 2.17. The van der Waals surface area contributed by atoms with Crippen LogP contribution in [0.1, 0.15) is 11.1 Å². The summed E-state index contributed by atoms with van der Waals surface area (Å²) in [6, 6.07) is 13.6. The maximum absolute atomic E-state index is 11.2. The number of benzene rings is 2. The van der Waals surface area contributed by atoms with Crippen molar-refractivity contribution in [3.63, 3.8) is 0 Å². The van der Waals surface area contributed by atoms with Gasteiger partial charge in [0.25, 0.3) is 5.91 Å². The van der Waals surface area contributed by atoms with Gasteiger partial charge in [0.05, 0.1) is 16.9 Å². The van der Waals surface area contributed by atoms with E-state index >= 15 is 0 Å². The summed E-state index contributed by atoms with van der Waals surface area (Å²) in [7, 11) is 0. The lowest BCUT2D eigenvalue weighted by Gasteiger charge is -2.11. The number of hydrogen-bond acceptors (Lipinski definition) is 5. The number of hydrogen-bond donors (Lipinski definition) is 4. The third kappa shape index (κ3) is 4.77. The second-order valence-corrected chi connectivity index (χ2v) is 6.29. The van der Waals surface area contributed by atoms with Gasteiger partial charge in [-0.05, 0) is 61.2 Å². The molecule has 7 N–H and O–H groups in total. The molecule has 0 spiro atoms. The summed E-state index contributed by atoms with van der Waals surface area (Å²) in [6.45, 7) is 4.13. The summed E-state index contributed by atoms with van der Waals surface area (Å²) in [5.74, 6) is -0.724. The second-order valence-electron chi connectivity index (χ2n) is 5.41. The molecular weight excluding hydrogens is 334 g/mol. The standard InChI is InChI=1S/C18H21N5OS/c1-11-4-3-5-12(2)16(11)23-25-14-8-6-13(7-9-14)22-17(20)15(10-19)18(21)24/h3-10,23H,19H2,1-2H3,(H2,20,22)(H2,21,24)/b15-10+. The maximum Gasteiger partial charge on any atom is 0.253 e. The van der Waals surface area contributed by atoms with Gasteiger partial charge in [-0.15, -0.1) is 0 Å². The molecule has 1 amide bonds. The number of nitrogens with zero attached hydrogens (tertiary/aromatic N) is 1. The van der Waals surface area contributed by atoms with Crippen molar-refractivity contribution in [3.8, 4) is 0 Å². The van der Waals surface area contributed by atoms with E-state index in [9.17, 15) is 4.79 Å². The zero-order valence-electron chi connectivity index (χ0n) is 14.1. The number of nitrogens with one attached hydrogen (secondary N) is 1. The molecule has 2 aromatic carbocycles. The lowest BCUT2D eigenvalue weighted by atomic mass is 10.1. The van der Waals surface area contributed by atoms with Crippen LogP contribution in [0.15, 0.2) is 64.1 Å². The van der Waals surface area contributed by atoms with Gasteiger partial charge in [0, 0.05) is 11.1 Å². The molecule has 0 aliphatic carbocycles. The van der Waals surface area contributed by atoms with Gasteiger partial charge in [-0.25, -0.2) is 4.99 Å². The molecule has 0 radical (unpaired) electrons. The summed E-state index contributed by atoms with van der Waals surface area (Å²) in [4.78, 5) is 16.4. The van der Waals surface area contributed by atoms with Crippen molar-refractivity contribution >= 4 is 35.1 Å². The van der Waals surface area contributed by atoms with Gasteiger partial charge in [0.15, 0.2) is 0 Å². The summed E-state index contributed by atoms with van der Waals surface area (Å²) in [6.07, 6.45) is 1.06. The second kappa shape index (κ2) is 8.25. The first-order valence-corrected chi connectivity index (χ1v) is 8.39. The number of nitrogens with two attached hydrogens (primary N) is 3. The molecule has 2 aromatic rings. The van der Waals surface area contributed by atoms with Gasteiger partial charge < -0.3 is 21.9 Å². The molecular formula is C18H21N5OS. The Morgan fingerprint density at radius 3 is 2.20 bits per heavy atom. The van der Waals surface area contributed by atoms with Crippen molar-refractivity contribution in [2.45, 2.75) is 18.7 Å². The number of carbonyl (C=O) groups excluding carboxylic acids is 1. The Balaban J connectivity index is 2.09. The Kier molecular flexibility index (Phi) is 6.08. The molecule has 0 bridgehead atoms. The Morgan fingerprint density at radius 2 is 1.68 bits per heavy atom. The van der Waals surface area contributed by atoms with E-state index in [0.717, 1.165) is 16.8 Å². The van der Waals surface area contributed by atoms with Crippen LogP contribution in [0.3, 0.4) is 0 Å². The van der Waals surface area contributed by atoms with Crippen LogP contribution in [0, 0.1) is 13.8 Å². The minimum absolute atomic E-state index is 0.00449. The van der Waals surface area contributed by atoms with Crippen molar-refractivity contribution < 1.29 is 4.79 Å². The van der Waals surface area contributed by atoms with Gasteiger partial charge >= 0.3 is 0 Å². The topological polar surface area (TPSA) is 120 Å². The molecule has 0 atom stereocenters. The molecule has 6 nitrogen and oxygen atoms in total. The smallest absolute Gasteiger partial charge is 0.253 e. The highest BCUT2D eigenvalue weighted by Crippen LogP contribution is 2.27. The summed E-state index contributed by atoms with van der Waals surface area (Å²) < 4.78 is 3.37. The summed E-state index contributed by atoms with van der Waals surface area (Å²) in [5, 5.41) is 0. The van der Waals surface area contributed by atoms with E-state index in [1.807, 2.05) is 18.2 Å². The van der Waals surface area contributed by atoms with Crippen LogP contribution in [0.4, 0.5) is 11.4 Å². The predicted octanol–water partition coefficient (Wildman–Crippen LogP) is 2.74. The SMILES string of the molecule is Cc1cccc(C)c1NSc1ccc(N=C(N)/C(=C\N)C(N)=O)cc1. The van der Waals surface area contributed by atoms with E-state index < -0.39 is 5.91 Å². The fourth-order valence-corrected chi connectivity index (χ4v) is 2.98. The monoisotopic (exact) mass is 355 g/mol. The minimum Gasteiger partial charge on any atom is -0.404 e. The summed E-state index contributed by atoms with van der Waals surface area (Å²) >= 11 is 1.51. The summed E-state index contributed by atoms with van der Waals surface area (Å²) in [5.41, 5.74) is 20.4. The number of para-hydroxylation sites is 1. The first kappa shape index (κ1) is 18.4. The van der Waals surface area contributed by atoms with E-state index in [2.05, 4.69) is 35.7 Å². The van der Waals surface area contributed by atoms with Gasteiger partial charge in [-0.1, -0.05) is 18.2 Å². The van der Waals surface area contributed by atoms with E-state index in [4.69, 9.17) is 17.2 Å². The van der Waals surface area contributed by atoms with E-state index in [0.29, 0.717) is 5.69 Å². The molecule has 7 heteroatoms. The van der Waals surface area contributed by atoms with Crippen molar-refractivity contribution in [3.05, 3.63) is 65.4 Å². The van der Waals surface area contributed by atoms with Crippen LogP contribution < -0.4 is 21.9 Å². The average Bonchev–Trinajstić information content (AvgIpc) is 2.56. The van der Waals surface area contributed by atoms with Crippen molar-refractivity contribution in [2.24, 2.45) is 22.2 Å². The molecule has 2 rings (SSSR count). The number of aryl methyl sites for hydroxylation is 2. The van der Waals surface area contributed by atoms with Crippen LogP contribution in [-0.2, 0) is 4.79 Å². The quantitative estimate of drug-likeness (QED) is 0.275. The van der Waals surface area contributed by atoms with Crippen LogP contribution in [0.5, 0.6) is 0 Å². The zero-order chi connectivity index (χ0) is 18.4. The Hall–Kier alpha value is -2.93. The van der Waals surface area contributed by atoms with Crippen LogP contribution in [0.25, 0.3) is 0 Å². The first-order valence-electron chi connectivity index (χ1n) is 7.57. The number of aliphatic imine (C=N–C) groups is 1. The third-order valence-electron chi connectivity index (χ3n) is 3.55. The van der Waals surface area contributed by atoms with Crippen LogP contribution in [-0.4, -0.2) is 11.7 Å². The molecule has 0 aliphatic rings. The normalized spacial score (nSPS) is 12.1. The number of primary amides is 1. The number of amidine groups is 1. The lowest BCUT2D eigenvalue weighted by molar-refractivity contribution is -0.114. The van der Waals surface area contributed by atoms with E-state index in [1.165, 1.54) is 23.1 Å². The van der Waals surface area contributed by atoms with Crippen molar-refractivity contribution in [2.75, 3.05) is 4.72 Å². The lowest BCUT2D eigenvalue weighted by Crippen LogP contribution is -2.27. The van der Waals surface area contributed by atoms with Crippen LogP contribution in [0.2, 0.25) is 0 Å². The molecule has 0 heterocycles. The van der Waals surface area contributed by atoms with Gasteiger partial charge in [0.1, 0.15) is 5.84 Å². The molecule has 0 unspecified atom stereocenters. The molecule has 0 fully saturated rings. The maximum atomic E-state index is 11.2. The highest BCUT2D eigenvalue weighted by molar-refractivity contribution is 8.00. The highest BCUT2D eigenvalue weighted by Gasteiger charge is 2.09. The molecule has 0 aromatic heterocycles. The Bertz CT molecular complexity index is 808. The molecule has 0 saturated heterocycles. The molecule has 0 saturated carbocycles. The third-order valence-corrected chi connectivity index (χ3v) is 4.36. The zero-order valence-corrected chi connectivity index (χ0v) is 14.9. The molecule has 130 valence electrons. The minimum atomic E-state index is -0.714. The van der Waals surface area contributed by atoms with Crippen molar-refractivity contribution in [1.29, 1.82) is 0 Å². The van der Waals surface area contributed by atoms with Gasteiger partial charge in [0.2, 0.25) is 0 Å². The number of anilines is 1. The van der Waals surface area contributed by atoms with Crippen LogP contribution >= 0.6 is 11.9 Å². The van der Waals surface area contributed by atoms with Crippen molar-refractivity contribution in [1.82, 2.24) is 0 Å². The Morgan fingerprint density at radius 1 is 1.08 bits per heavy atom. The Labute approximate surface area is 151 Å². The van der Waals surface area contributed by atoms with E-state index in [1.54, 1.807) is 12.1 Å². The number of carbonyl (C=O) groups is 1. The average molecular weight is 355 g/mol. The fraction of sp³-hybridized carbons (Fsp3) is 0.111. The molecule has 25 heavy (non-hydrogen) atoms. The highest BCUT2D eigenvalue weighted by atomic mass is 32.2. The molecule has 0 aliphatic heterocycles. The largest absolute Gasteiger partial charge is 0.404 e. The first-order chi connectivity index (χ1) is 11.9. The number of amides is 1. The van der Waals surface area contributed by atoms with Gasteiger partial charge in [-0.2, -0.15) is 0 Å². The predicted molar refractivity (Wildman–Crippen MR) is 105 cm³/mol. The van der Waals surface area contributed by atoms with E-state index in [-0.39, 0.29) is 11.4 Å². The van der Waals surface area contributed by atoms with Gasteiger partial charge in [-0.3, -0.25) is 4.79 Å². The number of rotatable bonds is 6.